The van der Waals surface area contributed by atoms with Crippen molar-refractivity contribution in [3.8, 4) is 0 Å². The first kappa shape index (κ1) is 20.8. The summed E-state index contributed by atoms with van der Waals surface area (Å²) in [6, 6.07) is 4.93. The minimum absolute atomic E-state index is 0. The van der Waals surface area contributed by atoms with Gasteiger partial charge in [-0.3, -0.25) is 4.79 Å². The van der Waals surface area contributed by atoms with E-state index in [0.29, 0.717) is 30.4 Å². The van der Waals surface area contributed by atoms with Crippen LogP contribution in [0.4, 0.5) is 4.39 Å². The molecule has 1 aromatic rings. The Kier molecular flexibility index (Phi) is 9.21. The fourth-order valence-electron chi connectivity index (χ4n) is 2.68. The summed E-state index contributed by atoms with van der Waals surface area (Å²) in [5.74, 6) is -0.531. The van der Waals surface area contributed by atoms with Gasteiger partial charge in [-0.05, 0) is 44.5 Å². The fraction of sp³-hybridized carbons (Fsp3) is 0.588. The maximum Gasteiger partial charge on any atom is 0.251 e. The molecule has 2 N–H and O–H groups in total. The quantitative estimate of drug-likeness (QED) is 0.732. The maximum absolute atomic E-state index is 13.8. The number of hydrogen-bond donors (Lipinski definition) is 2. The topological polar surface area (TPSA) is 59.6 Å². The second-order valence-electron chi connectivity index (χ2n) is 5.90. The Morgan fingerprint density at radius 3 is 2.92 bits per heavy atom. The van der Waals surface area contributed by atoms with Gasteiger partial charge in [0.1, 0.15) is 5.82 Å². The average molecular weight is 361 g/mol. The van der Waals surface area contributed by atoms with Crippen LogP contribution in [0, 0.1) is 5.82 Å². The zero-order valence-electron chi connectivity index (χ0n) is 14.1. The molecule has 0 aliphatic carbocycles. The van der Waals surface area contributed by atoms with Gasteiger partial charge in [0.2, 0.25) is 0 Å². The largest absolute Gasteiger partial charge is 0.382 e. The molecule has 5 nitrogen and oxygen atoms in total. The summed E-state index contributed by atoms with van der Waals surface area (Å²) in [5.41, 5.74) is 0.843. The molecule has 0 spiro atoms. The van der Waals surface area contributed by atoms with Gasteiger partial charge in [0.25, 0.3) is 5.91 Å². The van der Waals surface area contributed by atoms with E-state index in [1.165, 1.54) is 12.1 Å². The van der Waals surface area contributed by atoms with E-state index in [0.717, 1.165) is 19.4 Å². The SMILES string of the molecule is COCCOCc1cc(C(=O)NC2CCNC(C)C2)ccc1F.Cl. The summed E-state index contributed by atoms with van der Waals surface area (Å²) in [4.78, 5) is 12.3. The fourth-order valence-corrected chi connectivity index (χ4v) is 2.68. The van der Waals surface area contributed by atoms with E-state index in [1.54, 1.807) is 13.2 Å². The van der Waals surface area contributed by atoms with Crippen LogP contribution in [-0.4, -0.2) is 44.9 Å². The summed E-state index contributed by atoms with van der Waals surface area (Å²) < 4.78 is 24.0. The second-order valence-corrected chi connectivity index (χ2v) is 5.90. The minimum atomic E-state index is -0.366. The predicted octanol–water partition coefficient (Wildman–Crippen LogP) is 2.28. The van der Waals surface area contributed by atoms with Gasteiger partial charge < -0.3 is 20.1 Å². The molecule has 1 heterocycles. The Balaban J connectivity index is 0.00000288. The number of carbonyl (C=O) groups excluding carboxylic acids is 1. The van der Waals surface area contributed by atoms with Gasteiger partial charge in [0, 0.05) is 30.3 Å². The molecule has 2 unspecified atom stereocenters. The summed E-state index contributed by atoms with van der Waals surface area (Å²) in [7, 11) is 1.58. The van der Waals surface area contributed by atoms with Gasteiger partial charge in [-0.1, -0.05) is 0 Å². The molecule has 1 aliphatic heterocycles. The Labute approximate surface area is 148 Å². The minimum Gasteiger partial charge on any atom is -0.382 e. The van der Waals surface area contributed by atoms with Gasteiger partial charge in [-0.15, -0.1) is 12.4 Å². The standard InChI is InChI=1S/C17H25FN2O3.ClH/c1-12-9-15(5-6-19-12)20-17(21)13-3-4-16(18)14(10-13)11-23-8-7-22-2;/h3-4,10,12,15,19H,5-9,11H2,1-2H3,(H,20,21);1H. The molecule has 1 aliphatic rings. The van der Waals surface area contributed by atoms with Crippen molar-refractivity contribution >= 4 is 18.3 Å². The number of nitrogens with one attached hydrogen (secondary N) is 2. The van der Waals surface area contributed by atoms with Gasteiger partial charge in [-0.2, -0.15) is 0 Å². The van der Waals surface area contributed by atoms with Gasteiger partial charge >= 0.3 is 0 Å². The Morgan fingerprint density at radius 1 is 1.42 bits per heavy atom. The van der Waals surface area contributed by atoms with Crippen LogP contribution in [0.25, 0.3) is 0 Å². The van der Waals surface area contributed by atoms with E-state index in [2.05, 4.69) is 17.6 Å². The van der Waals surface area contributed by atoms with Crippen molar-refractivity contribution in [1.82, 2.24) is 10.6 Å². The Hall–Kier alpha value is -1.21. The van der Waals surface area contributed by atoms with Crippen molar-refractivity contribution in [1.29, 1.82) is 0 Å². The zero-order chi connectivity index (χ0) is 16.7. The monoisotopic (exact) mass is 360 g/mol. The van der Waals surface area contributed by atoms with Crippen LogP contribution in [0.1, 0.15) is 35.7 Å². The lowest BCUT2D eigenvalue weighted by Crippen LogP contribution is -2.46. The van der Waals surface area contributed by atoms with Crippen molar-refractivity contribution in [2.75, 3.05) is 26.9 Å². The van der Waals surface area contributed by atoms with Crippen molar-refractivity contribution in [3.05, 3.63) is 35.1 Å². The van der Waals surface area contributed by atoms with Crippen LogP contribution in [0.3, 0.4) is 0 Å². The number of carbonyl (C=O) groups is 1. The highest BCUT2D eigenvalue weighted by atomic mass is 35.5. The summed E-state index contributed by atoms with van der Waals surface area (Å²) in [6.07, 6.45) is 1.81. The van der Waals surface area contributed by atoms with E-state index < -0.39 is 0 Å². The number of amides is 1. The first-order chi connectivity index (χ1) is 11.1. The molecule has 24 heavy (non-hydrogen) atoms. The lowest BCUT2D eigenvalue weighted by atomic mass is 10.00. The summed E-state index contributed by atoms with van der Waals surface area (Å²) >= 11 is 0. The van der Waals surface area contributed by atoms with Crippen LogP contribution in [0.5, 0.6) is 0 Å². The second kappa shape index (κ2) is 10.6. The molecular formula is C17H26ClFN2O3. The molecule has 2 rings (SSSR count). The molecule has 2 atom stereocenters. The number of ether oxygens (including phenoxy) is 2. The van der Waals surface area contributed by atoms with E-state index in [-0.39, 0.29) is 36.8 Å². The van der Waals surface area contributed by atoms with Crippen LogP contribution in [0.15, 0.2) is 18.2 Å². The maximum atomic E-state index is 13.8. The average Bonchev–Trinajstić information content (AvgIpc) is 2.53. The number of methoxy groups -OCH3 is 1. The molecule has 1 fully saturated rings. The van der Waals surface area contributed by atoms with Crippen molar-refractivity contribution < 1.29 is 18.7 Å². The molecule has 1 aromatic carbocycles. The number of piperidine rings is 1. The van der Waals surface area contributed by atoms with E-state index in [4.69, 9.17) is 9.47 Å². The molecule has 0 bridgehead atoms. The van der Waals surface area contributed by atoms with Gasteiger partial charge in [0.05, 0.1) is 19.8 Å². The third-order valence-electron chi connectivity index (χ3n) is 3.96. The van der Waals surface area contributed by atoms with E-state index in [1.807, 2.05) is 0 Å². The molecule has 0 saturated carbocycles. The number of hydrogen-bond acceptors (Lipinski definition) is 4. The first-order valence-corrected chi connectivity index (χ1v) is 7.99. The zero-order valence-corrected chi connectivity index (χ0v) is 15.0. The lowest BCUT2D eigenvalue weighted by Gasteiger charge is -2.28. The summed E-state index contributed by atoms with van der Waals surface area (Å²) in [5, 5.41) is 6.37. The van der Waals surface area contributed by atoms with Crippen LogP contribution < -0.4 is 10.6 Å². The molecule has 7 heteroatoms. The highest BCUT2D eigenvalue weighted by Gasteiger charge is 2.20. The van der Waals surface area contributed by atoms with E-state index >= 15 is 0 Å². The third kappa shape index (κ3) is 6.36. The number of benzene rings is 1. The number of halogens is 2. The van der Waals surface area contributed by atoms with Crippen molar-refractivity contribution in [3.63, 3.8) is 0 Å². The lowest BCUT2D eigenvalue weighted by molar-refractivity contribution is 0.0603. The highest BCUT2D eigenvalue weighted by Crippen LogP contribution is 2.14. The molecular weight excluding hydrogens is 335 g/mol. The van der Waals surface area contributed by atoms with Crippen LogP contribution in [0.2, 0.25) is 0 Å². The molecule has 1 amide bonds. The normalized spacial score (nSPS) is 20.3. The Bertz CT molecular complexity index is 531. The van der Waals surface area contributed by atoms with Crippen LogP contribution >= 0.6 is 12.4 Å². The highest BCUT2D eigenvalue weighted by molar-refractivity contribution is 5.94. The van der Waals surface area contributed by atoms with Crippen molar-refractivity contribution in [2.24, 2.45) is 0 Å². The molecule has 0 radical (unpaired) electrons. The smallest absolute Gasteiger partial charge is 0.251 e. The molecule has 1 saturated heterocycles. The summed E-state index contributed by atoms with van der Waals surface area (Å²) in [6.45, 7) is 3.97. The van der Waals surface area contributed by atoms with Crippen molar-refractivity contribution in [2.45, 2.75) is 38.5 Å². The van der Waals surface area contributed by atoms with Crippen LogP contribution in [-0.2, 0) is 16.1 Å². The molecule has 136 valence electrons. The van der Waals surface area contributed by atoms with Gasteiger partial charge in [0.15, 0.2) is 0 Å². The third-order valence-corrected chi connectivity index (χ3v) is 3.96. The molecule has 0 aromatic heterocycles. The Morgan fingerprint density at radius 2 is 2.21 bits per heavy atom. The number of rotatable bonds is 7. The van der Waals surface area contributed by atoms with E-state index in [9.17, 15) is 9.18 Å². The van der Waals surface area contributed by atoms with Gasteiger partial charge in [-0.25, -0.2) is 4.39 Å². The first-order valence-electron chi connectivity index (χ1n) is 7.99. The predicted molar refractivity (Wildman–Crippen MR) is 93.1 cm³/mol.